The van der Waals surface area contributed by atoms with E-state index in [4.69, 9.17) is 0 Å². The highest BCUT2D eigenvalue weighted by Crippen LogP contribution is 2.31. The summed E-state index contributed by atoms with van der Waals surface area (Å²) < 4.78 is 0. The number of fused-ring (bicyclic) bond motifs is 1. The van der Waals surface area contributed by atoms with Gasteiger partial charge in [-0.3, -0.25) is 4.79 Å². The fourth-order valence-electron chi connectivity index (χ4n) is 2.96. The maximum Gasteiger partial charge on any atom is 0.241 e. The summed E-state index contributed by atoms with van der Waals surface area (Å²) in [4.78, 5) is 12.6. The number of benzene rings is 2. The fourth-order valence-corrected chi connectivity index (χ4v) is 2.96. The molecular formula is C20H24N2O2. The third-order valence-electron chi connectivity index (χ3n) is 4.52. The summed E-state index contributed by atoms with van der Waals surface area (Å²) in [6.07, 6.45) is 0.654. The van der Waals surface area contributed by atoms with Gasteiger partial charge in [0.25, 0.3) is 0 Å². The monoisotopic (exact) mass is 324 g/mol. The van der Waals surface area contributed by atoms with E-state index >= 15 is 0 Å². The van der Waals surface area contributed by atoms with Crippen molar-refractivity contribution < 1.29 is 9.90 Å². The molecule has 0 aliphatic carbocycles. The van der Waals surface area contributed by atoms with Gasteiger partial charge in [0.2, 0.25) is 5.91 Å². The number of amides is 1. The SMILES string of the molecule is CC(C)(C)c1ccc(O)c(NC(=O)C2Cc3ccccc3CN2)c1. The Hall–Kier alpha value is -2.33. The Labute approximate surface area is 142 Å². The lowest BCUT2D eigenvalue weighted by molar-refractivity contribution is -0.118. The summed E-state index contributed by atoms with van der Waals surface area (Å²) >= 11 is 0. The zero-order valence-electron chi connectivity index (χ0n) is 14.4. The van der Waals surface area contributed by atoms with Gasteiger partial charge in [0.15, 0.2) is 0 Å². The number of carbonyl (C=O) groups is 1. The normalized spacial score (nSPS) is 17.2. The molecule has 1 amide bonds. The van der Waals surface area contributed by atoms with Crippen molar-refractivity contribution in [2.45, 2.75) is 45.2 Å². The first-order valence-corrected chi connectivity index (χ1v) is 8.29. The van der Waals surface area contributed by atoms with Crippen LogP contribution in [0.2, 0.25) is 0 Å². The minimum absolute atomic E-state index is 0.0464. The standard InChI is InChI=1S/C20H24N2O2/c1-20(2,3)15-8-9-18(23)16(11-15)22-19(24)17-10-13-6-4-5-7-14(13)12-21-17/h4-9,11,17,21,23H,10,12H2,1-3H3,(H,22,24). The van der Waals surface area contributed by atoms with E-state index in [0.717, 1.165) is 5.56 Å². The van der Waals surface area contributed by atoms with Crippen LogP contribution in [0.25, 0.3) is 0 Å². The Morgan fingerprint density at radius 2 is 1.88 bits per heavy atom. The number of phenolic OH excluding ortho intramolecular Hbond substituents is 1. The van der Waals surface area contributed by atoms with E-state index < -0.39 is 0 Å². The maximum absolute atomic E-state index is 12.6. The molecule has 126 valence electrons. The smallest absolute Gasteiger partial charge is 0.241 e. The van der Waals surface area contributed by atoms with E-state index in [9.17, 15) is 9.90 Å². The van der Waals surface area contributed by atoms with Crippen molar-refractivity contribution in [1.29, 1.82) is 0 Å². The number of carbonyl (C=O) groups excluding carboxylic acids is 1. The van der Waals surface area contributed by atoms with E-state index in [1.807, 2.05) is 24.3 Å². The Kier molecular flexibility index (Phi) is 4.33. The molecule has 0 spiro atoms. The number of hydrogen-bond donors (Lipinski definition) is 3. The first-order valence-electron chi connectivity index (χ1n) is 8.29. The van der Waals surface area contributed by atoms with Gasteiger partial charge in [-0.05, 0) is 40.7 Å². The Morgan fingerprint density at radius 1 is 1.17 bits per heavy atom. The Balaban J connectivity index is 1.76. The van der Waals surface area contributed by atoms with E-state index in [2.05, 4.69) is 43.5 Å². The lowest BCUT2D eigenvalue weighted by Gasteiger charge is -2.26. The molecule has 2 aromatic rings. The summed E-state index contributed by atoms with van der Waals surface area (Å²) in [5.74, 6) is -0.0292. The minimum Gasteiger partial charge on any atom is -0.506 e. The first kappa shape index (κ1) is 16.5. The summed E-state index contributed by atoms with van der Waals surface area (Å²) in [6, 6.07) is 13.2. The Bertz CT molecular complexity index is 762. The molecule has 4 nitrogen and oxygen atoms in total. The van der Waals surface area contributed by atoms with Crippen LogP contribution in [0.15, 0.2) is 42.5 Å². The lowest BCUT2D eigenvalue weighted by Crippen LogP contribution is -2.44. The van der Waals surface area contributed by atoms with Gasteiger partial charge in [0, 0.05) is 6.54 Å². The molecular weight excluding hydrogens is 300 g/mol. The van der Waals surface area contributed by atoms with E-state index in [1.54, 1.807) is 6.07 Å². The van der Waals surface area contributed by atoms with Crippen LogP contribution < -0.4 is 10.6 Å². The van der Waals surface area contributed by atoms with E-state index in [-0.39, 0.29) is 23.1 Å². The van der Waals surface area contributed by atoms with Gasteiger partial charge in [0.1, 0.15) is 5.75 Å². The van der Waals surface area contributed by atoms with E-state index in [0.29, 0.717) is 18.7 Å². The minimum atomic E-state index is -0.294. The highest BCUT2D eigenvalue weighted by molar-refractivity contribution is 5.96. The molecule has 1 aliphatic heterocycles. The summed E-state index contributed by atoms with van der Waals surface area (Å²) in [6.45, 7) is 6.99. The predicted molar refractivity (Wildman–Crippen MR) is 96.2 cm³/mol. The predicted octanol–water partition coefficient (Wildman–Crippen LogP) is 3.34. The molecule has 1 aliphatic rings. The molecule has 3 rings (SSSR count). The van der Waals surface area contributed by atoms with Crippen LogP contribution in [-0.2, 0) is 23.2 Å². The van der Waals surface area contributed by atoms with Gasteiger partial charge in [0.05, 0.1) is 11.7 Å². The fraction of sp³-hybridized carbons (Fsp3) is 0.350. The first-order chi connectivity index (χ1) is 11.3. The topological polar surface area (TPSA) is 61.4 Å². The van der Waals surface area contributed by atoms with Crippen molar-refractivity contribution in [1.82, 2.24) is 5.32 Å². The zero-order chi connectivity index (χ0) is 17.3. The molecule has 0 aromatic heterocycles. The summed E-state index contributed by atoms with van der Waals surface area (Å²) in [5.41, 5.74) is 3.92. The molecule has 1 atom stereocenters. The van der Waals surface area contributed by atoms with Crippen LogP contribution >= 0.6 is 0 Å². The third-order valence-corrected chi connectivity index (χ3v) is 4.52. The molecule has 1 heterocycles. The second-order valence-electron chi connectivity index (χ2n) is 7.38. The zero-order valence-corrected chi connectivity index (χ0v) is 14.4. The van der Waals surface area contributed by atoms with Crippen molar-refractivity contribution in [2.75, 3.05) is 5.32 Å². The van der Waals surface area contributed by atoms with Crippen LogP contribution in [-0.4, -0.2) is 17.1 Å². The van der Waals surface area contributed by atoms with Crippen molar-refractivity contribution in [2.24, 2.45) is 0 Å². The van der Waals surface area contributed by atoms with Gasteiger partial charge < -0.3 is 15.7 Å². The molecule has 2 aromatic carbocycles. The maximum atomic E-state index is 12.6. The average molecular weight is 324 g/mol. The molecule has 0 bridgehead atoms. The second-order valence-corrected chi connectivity index (χ2v) is 7.38. The van der Waals surface area contributed by atoms with Crippen molar-refractivity contribution in [3.05, 3.63) is 59.2 Å². The lowest BCUT2D eigenvalue weighted by atomic mass is 9.86. The molecule has 4 heteroatoms. The highest BCUT2D eigenvalue weighted by Gasteiger charge is 2.25. The number of phenols is 1. The van der Waals surface area contributed by atoms with Crippen molar-refractivity contribution >= 4 is 11.6 Å². The molecule has 0 saturated heterocycles. The van der Waals surface area contributed by atoms with Gasteiger partial charge in [-0.1, -0.05) is 51.1 Å². The van der Waals surface area contributed by atoms with Crippen LogP contribution in [0, 0.1) is 0 Å². The number of hydrogen-bond acceptors (Lipinski definition) is 3. The number of anilines is 1. The highest BCUT2D eigenvalue weighted by atomic mass is 16.3. The molecule has 0 saturated carbocycles. The molecule has 0 fully saturated rings. The van der Waals surface area contributed by atoms with Gasteiger partial charge in [-0.25, -0.2) is 0 Å². The largest absolute Gasteiger partial charge is 0.506 e. The van der Waals surface area contributed by atoms with Crippen LogP contribution in [0.3, 0.4) is 0 Å². The van der Waals surface area contributed by atoms with Gasteiger partial charge in [-0.2, -0.15) is 0 Å². The van der Waals surface area contributed by atoms with Crippen LogP contribution in [0.5, 0.6) is 5.75 Å². The van der Waals surface area contributed by atoms with Crippen LogP contribution in [0.1, 0.15) is 37.5 Å². The number of nitrogens with one attached hydrogen (secondary N) is 2. The second kappa shape index (κ2) is 6.29. The molecule has 1 unspecified atom stereocenters. The van der Waals surface area contributed by atoms with Crippen molar-refractivity contribution in [3.63, 3.8) is 0 Å². The summed E-state index contributed by atoms with van der Waals surface area (Å²) in [7, 11) is 0. The average Bonchev–Trinajstić information content (AvgIpc) is 2.55. The van der Waals surface area contributed by atoms with Gasteiger partial charge >= 0.3 is 0 Å². The Morgan fingerprint density at radius 3 is 2.58 bits per heavy atom. The van der Waals surface area contributed by atoms with E-state index in [1.165, 1.54) is 11.1 Å². The van der Waals surface area contributed by atoms with Crippen molar-refractivity contribution in [3.8, 4) is 5.75 Å². The molecule has 0 radical (unpaired) electrons. The van der Waals surface area contributed by atoms with Crippen LogP contribution in [0.4, 0.5) is 5.69 Å². The number of aromatic hydroxyl groups is 1. The molecule has 3 N–H and O–H groups in total. The van der Waals surface area contributed by atoms with Gasteiger partial charge in [-0.15, -0.1) is 0 Å². The summed E-state index contributed by atoms with van der Waals surface area (Å²) in [5, 5.41) is 16.2. The quantitative estimate of drug-likeness (QED) is 0.743. The molecule has 24 heavy (non-hydrogen) atoms. The number of rotatable bonds is 2. The third kappa shape index (κ3) is 3.44.